The summed E-state index contributed by atoms with van der Waals surface area (Å²) in [5.41, 5.74) is 0. The van der Waals surface area contributed by atoms with Crippen LogP contribution in [-0.2, 0) is 28.6 Å². The molecule has 1 atom stereocenters. The molecule has 0 aliphatic rings. The van der Waals surface area contributed by atoms with Crippen molar-refractivity contribution < 1.29 is 28.6 Å². The Balaban J connectivity index is 4.60. The van der Waals surface area contributed by atoms with Gasteiger partial charge in [0, 0.05) is 19.3 Å². The lowest BCUT2D eigenvalue weighted by molar-refractivity contribution is -0.166. The van der Waals surface area contributed by atoms with Crippen molar-refractivity contribution in [2.45, 2.75) is 200 Å². The van der Waals surface area contributed by atoms with Crippen LogP contribution in [0.15, 0.2) is 97.2 Å². The average Bonchev–Trinajstić information content (AvgIpc) is 3.22. The smallest absolute Gasteiger partial charge is 0.306 e. The number of hydrogen-bond donors (Lipinski definition) is 0. The van der Waals surface area contributed by atoms with Crippen molar-refractivity contribution in [3.8, 4) is 0 Å². The van der Waals surface area contributed by atoms with E-state index in [1.165, 1.54) is 83.5 Å². The first kappa shape index (κ1) is 54.3. The third-order valence-electron chi connectivity index (χ3n) is 9.43. The molecule has 0 bridgehead atoms. The fourth-order valence-corrected chi connectivity index (χ4v) is 5.93. The lowest BCUT2D eigenvalue weighted by Crippen LogP contribution is -2.30. The Morgan fingerprint density at radius 1 is 0.379 bits per heavy atom. The molecule has 0 aromatic carbocycles. The highest BCUT2D eigenvalue weighted by Gasteiger charge is 2.19. The van der Waals surface area contributed by atoms with E-state index < -0.39 is 12.1 Å². The van der Waals surface area contributed by atoms with Crippen molar-refractivity contribution >= 4 is 17.9 Å². The van der Waals surface area contributed by atoms with Crippen LogP contribution in [0.2, 0.25) is 0 Å². The first-order valence-electron chi connectivity index (χ1n) is 23.3. The molecule has 0 aliphatic heterocycles. The standard InChI is InChI=1S/C52H84O6/c1-4-7-10-13-16-19-22-25-28-30-33-36-39-42-45-51(54)57-48-49(58-52(55)46-43-40-37-34-31-27-24-21-18-15-12-9-6-3)47-56-50(53)44-41-38-35-32-29-26-23-20-17-14-11-8-5-2/h9,12,15,18,21,24,26-31,34-35,37-38,49H,4-8,10-11,13-14,16-17,19-20,22-23,25,32-33,36,39-48H2,1-3H3/b12-9-,18-15-,24-21-,29-26-,30-28-,31-27-,37-34-,38-35-. The van der Waals surface area contributed by atoms with E-state index in [1.54, 1.807) is 0 Å². The average molecular weight is 805 g/mol. The van der Waals surface area contributed by atoms with Crippen LogP contribution in [0.1, 0.15) is 194 Å². The molecule has 6 nitrogen and oxygen atoms in total. The molecule has 0 radical (unpaired) electrons. The lowest BCUT2D eigenvalue weighted by atomic mass is 10.1. The van der Waals surface area contributed by atoms with Gasteiger partial charge in [-0.15, -0.1) is 0 Å². The molecule has 1 unspecified atom stereocenters. The second-order valence-corrected chi connectivity index (χ2v) is 15.0. The van der Waals surface area contributed by atoms with Gasteiger partial charge in [-0.25, -0.2) is 0 Å². The van der Waals surface area contributed by atoms with E-state index in [4.69, 9.17) is 14.2 Å². The van der Waals surface area contributed by atoms with E-state index in [9.17, 15) is 14.4 Å². The molecule has 0 saturated heterocycles. The molecule has 328 valence electrons. The molecule has 0 aromatic rings. The van der Waals surface area contributed by atoms with Crippen LogP contribution in [0, 0.1) is 0 Å². The Morgan fingerprint density at radius 2 is 0.793 bits per heavy atom. The maximum Gasteiger partial charge on any atom is 0.306 e. The zero-order chi connectivity index (χ0) is 42.3. The van der Waals surface area contributed by atoms with E-state index in [2.05, 4.69) is 57.2 Å². The van der Waals surface area contributed by atoms with E-state index in [0.29, 0.717) is 19.3 Å². The number of rotatable bonds is 40. The van der Waals surface area contributed by atoms with Crippen molar-refractivity contribution in [2.24, 2.45) is 0 Å². The van der Waals surface area contributed by atoms with Gasteiger partial charge in [-0.3, -0.25) is 14.4 Å². The number of ether oxygens (including phenoxy) is 3. The van der Waals surface area contributed by atoms with Crippen LogP contribution < -0.4 is 0 Å². The molecule has 0 amide bonds. The second-order valence-electron chi connectivity index (χ2n) is 15.0. The van der Waals surface area contributed by atoms with E-state index >= 15 is 0 Å². The van der Waals surface area contributed by atoms with Gasteiger partial charge in [0.2, 0.25) is 0 Å². The number of hydrogen-bond acceptors (Lipinski definition) is 6. The molecule has 0 saturated carbocycles. The summed E-state index contributed by atoms with van der Waals surface area (Å²) >= 11 is 0. The first-order valence-corrected chi connectivity index (χ1v) is 23.3. The summed E-state index contributed by atoms with van der Waals surface area (Å²) in [6.07, 6.45) is 59.8. The van der Waals surface area contributed by atoms with Crippen LogP contribution in [0.5, 0.6) is 0 Å². The van der Waals surface area contributed by atoms with Gasteiger partial charge in [0.25, 0.3) is 0 Å². The quantitative estimate of drug-likeness (QED) is 0.0202. The third kappa shape index (κ3) is 43.5. The molecule has 0 fully saturated rings. The molecule has 0 spiro atoms. The minimum absolute atomic E-state index is 0.132. The largest absolute Gasteiger partial charge is 0.462 e. The van der Waals surface area contributed by atoms with E-state index in [0.717, 1.165) is 57.8 Å². The summed E-state index contributed by atoms with van der Waals surface area (Å²) in [5, 5.41) is 0. The predicted octanol–water partition coefficient (Wildman–Crippen LogP) is 15.0. The van der Waals surface area contributed by atoms with Crippen LogP contribution in [-0.4, -0.2) is 37.2 Å². The molecule has 0 aromatic heterocycles. The Labute approximate surface area is 356 Å². The highest BCUT2D eigenvalue weighted by atomic mass is 16.6. The minimum atomic E-state index is -0.842. The second kappa shape index (κ2) is 46.0. The third-order valence-corrected chi connectivity index (χ3v) is 9.43. The Bertz CT molecular complexity index is 1200. The molecule has 58 heavy (non-hydrogen) atoms. The SMILES string of the molecule is CC\C=C/C=C\C=C/C=C\C=C/CCCC(=O)OC(COC(=O)CC/C=C\C/C=C\CCCCCCCC)COC(=O)CCCCC/C=C\CCCCCCCCC. The maximum absolute atomic E-state index is 12.7. The van der Waals surface area contributed by atoms with Crippen molar-refractivity contribution in [1.82, 2.24) is 0 Å². The van der Waals surface area contributed by atoms with Crippen molar-refractivity contribution in [3.05, 3.63) is 97.2 Å². The van der Waals surface area contributed by atoms with Crippen molar-refractivity contribution in [3.63, 3.8) is 0 Å². The van der Waals surface area contributed by atoms with Gasteiger partial charge >= 0.3 is 17.9 Å². The highest BCUT2D eigenvalue weighted by molar-refractivity contribution is 5.71. The monoisotopic (exact) mass is 805 g/mol. The van der Waals surface area contributed by atoms with E-state index in [1.807, 2.05) is 60.8 Å². The maximum atomic E-state index is 12.7. The van der Waals surface area contributed by atoms with Gasteiger partial charge in [-0.2, -0.15) is 0 Å². The molecule has 0 aliphatic carbocycles. The summed E-state index contributed by atoms with van der Waals surface area (Å²) in [4.78, 5) is 37.7. The van der Waals surface area contributed by atoms with Gasteiger partial charge in [0.05, 0.1) is 0 Å². The molecule has 0 N–H and O–H groups in total. The molecular formula is C52H84O6. The number of esters is 3. The topological polar surface area (TPSA) is 78.9 Å². The summed E-state index contributed by atoms with van der Waals surface area (Å²) in [6.45, 7) is 6.32. The van der Waals surface area contributed by atoms with Gasteiger partial charge in [-0.1, -0.05) is 195 Å². The molecule has 0 heterocycles. The Kier molecular flexibility index (Phi) is 43.1. The zero-order valence-electron chi connectivity index (χ0n) is 37.3. The lowest BCUT2D eigenvalue weighted by Gasteiger charge is -2.18. The highest BCUT2D eigenvalue weighted by Crippen LogP contribution is 2.11. The normalized spacial score (nSPS) is 12.9. The van der Waals surface area contributed by atoms with Crippen LogP contribution in [0.3, 0.4) is 0 Å². The summed E-state index contributed by atoms with van der Waals surface area (Å²) in [7, 11) is 0. The molecule has 0 rings (SSSR count). The summed E-state index contributed by atoms with van der Waals surface area (Å²) < 4.78 is 16.6. The number of allylic oxidation sites excluding steroid dienone is 16. The van der Waals surface area contributed by atoms with E-state index in [-0.39, 0.29) is 38.0 Å². The van der Waals surface area contributed by atoms with Gasteiger partial charge in [0.15, 0.2) is 6.10 Å². The summed E-state index contributed by atoms with van der Waals surface area (Å²) in [6, 6.07) is 0. The summed E-state index contributed by atoms with van der Waals surface area (Å²) in [5.74, 6) is -1.10. The van der Waals surface area contributed by atoms with Crippen LogP contribution in [0.4, 0.5) is 0 Å². The van der Waals surface area contributed by atoms with Crippen molar-refractivity contribution in [1.29, 1.82) is 0 Å². The first-order chi connectivity index (χ1) is 28.5. The number of carbonyl (C=O) groups is 3. The number of unbranched alkanes of at least 4 members (excludes halogenated alkanes) is 17. The predicted molar refractivity (Wildman–Crippen MR) is 247 cm³/mol. The fourth-order valence-electron chi connectivity index (χ4n) is 5.93. The Hall–Kier alpha value is -3.67. The number of carbonyl (C=O) groups excluding carboxylic acids is 3. The van der Waals surface area contributed by atoms with Crippen molar-refractivity contribution in [2.75, 3.05) is 13.2 Å². The fraction of sp³-hybridized carbons (Fsp3) is 0.635. The van der Waals surface area contributed by atoms with Gasteiger partial charge in [0.1, 0.15) is 13.2 Å². The zero-order valence-corrected chi connectivity index (χ0v) is 37.3. The molecular weight excluding hydrogens is 721 g/mol. The van der Waals surface area contributed by atoms with Crippen LogP contribution in [0.25, 0.3) is 0 Å². The van der Waals surface area contributed by atoms with Gasteiger partial charge < -0.3 is 14.2 Å². The minimum Gasteiger partial charge on any atom is -0.462 e. The van der Waals surface area contributed by atoms with Gasteiger partial charge in [-0.05, 0) is 77.0 Å². The van der Waals surface area contributed by atoms with Crippen LogP contribution >= 0.6 is 0 Å². The molecule has 6 heteroatoms. The Morgan fingerprint density at radius 3 is 1.34 bits per heavy atom.